The van der Waals surface area contributed by atoms with Crippen LogP contribution in [0.5, 0.6) is 5.75 Å². The first kappa shape index (κ1) is 13.6. The summed E-state index contributed by atoms with van der Waals surface area (Å²) in [5.41, 5.74) is 3.21. The normalized spacial score (nSPS) is 12.5. The van der Waals surface area contributed by atoms with Gasteiger partial charge in [0, 0.05) is 12.1 Å². The fraction of sp³-hybridized carbons (Fsp3) is 0.235. The second-order valence-electron chi connectivity index (χ2n) is 5.05. The second kappa shape index (κ2) is 5.97. The zero-order valence-electron chi connectivity index (χ0n) is 12.3. The average Bonchev–Trinajstić information content (AvgIpc) is 2.97. The smallest absolute Gasteiger partial charge is 0.124 e. The highest BCUT2D eigenvalue weighted by Gasteiger charge is 2.11. The highest BCUT2D eigenvalue weighted by atomic mass is 16.5. The van der Waals surface area contributed by atoms with Gasteiger partial charge < -0.3 is 15.0 Å². The Kier molecular flexibility index (Phi) is 3.88. The van der Waals surface area contributed by atoms with E-state index in [0.29, 0.717) is 0 Å². The Balaban J connectivity index is 1.72. The molecule has 0 aliphatic carbocycles. The predicted molar refractivity (Wildman–Crippen MR) is 84.3 cm³/mol. The summed E-state index contributed by atoms with van der Waals surface area (Å²) in [5, 5.41) is 3.48. The number of fused-ring (bicyclic) bond motifs is 1. The number of aromatic nitrogens is 2. The third kappa shape index (κ3) is 2.90. The quantitative estimate of drug-likeness (QED) is 0.753. The third-order valence-corrected chi connectivity index (χ3v) is 3.61. The minimum Gasteiger partial charge on any atom is -0.496 e. The number of rotatable bonds is 5. The van der Waals surface area contributed by atoms with E-state index in [9.17, 15) is 0 Å². The molecule has 1 unspecified atom stereocenters. The molecule has 0 saturated heterocycles. The Labute approximate surface area is 124 Å². The van der Waals surface area contributed by atoms with Gasteiger partial charge in [-0.25, -0.2) is 4.98 Å². The van der Waals surface area contributed by atoms with Crippen LogP contribution in [0.2, 0.25) is 0 Å². The van der Waals surface area contributed by atoms with Crippen LogP contribution in [-0.4, -0.2) is 17.1 Å². The Morgan fingerprint density at radius 3 is 2.71 bits per heavy atom. The first-order valence-electron chi connectivity index (χ1n) is 7.08. The van der Waals surface area contributed by atoms with Crippen molar-refractivity contribution < 1.29 is 4.74 Å². The lowest BCUT2D eigenvalue weighted by Gasteiger charge is -2.13. The van der Waals surface area contributed by atoms with Crippen molar-refractivity contribution in [2.24, 2.45) is 0 Å². The molecule has 0 spiro atoms. The molecule has 3 aromatic rings. The summed E-state index contributed by atoms with van der Waals surface area (Å²) in [7, 11) is 1.70. The zero-order valence-corrected chi connectivity index (χ0v) is 12.3. The highest BCUT2D eigenvalue weighted by Crippen LogP contribution is 2.19. The second-order valence-corrected chi connectivity index (χ2v) is 5.05. The molecule has 108 valence electrons. The van der Waals surface area contributed by atoms with Crippen LogP contribution >= 0.6 is 0 Å². The third-order valence-electron chi connectivity index (χ3n) is 3.61. The Hall–Kier alpha value is -2.33. The maximum absolute atomic E-state index is 5.37. The summed E-state index contributed by atoms with van der Waals surface area (Å²) in [6, 6.07) is 16.2. The summed E-state index contributed by atoms with van der Waals surface area (Å²) in [5.74, 6) is 1.85. The first-order valence-corrected chi connectivity index (χ1v) is 7.08. The fourth-order valence-corrected chi connectivity index (χ4v) is 2.39. The van der Waals surface area contributed by atoms with E-state index in [4.69, 9.17) is 4.74 Å². The highest BCUT2D eigenvalue weighted by molar-refractivity contribution is 5.74. The maximum Gasteiger partial charge on any atom is 0.124 e. The molecule has 3 rings (SSSR count). The predicted octanol–water partition coefficient (Wildman–Crippen LogP) is 3.42. The van der Waals surface area contributed by atoms with Gasteiger partial charge >= 0.3 is 0 Å². The van der Waals surface area contributed by atoms with Crippen LogP contribution in [0.15, 0.2) is 48.5 Å². The molecular weight excluding hydrogens is 262 g/mol. The fourth-order valence-electron chi connectivity index (χ4n) is 2.39. The maximum atomic E-state index is 5.37. The number of nitrogens with one attached hydrogen (secondary N) is 2. The SMILES string of the molecule is COc1ccccc1CNC(C)c1nc2ccccc2[nH]1. The van der Waals surface area contributed by atoms with E-state index in [1.54, 1.807) is 7.11 Å². The van der Waals surface area contributed by atoms with Gasteiger partial charge in [-0.15, -0.1) is 0 Å². The molecule has 1 atom stereocenters. The molecule has 1 aromatic heterocycles. The number of ether oxygens (including phenoxy) is 1. The molecule has 0 aliphatic heterocycles. The number of para-hydroxylation sites is 3. The van der Waals surface area contributed by atoms with E-state index < -0.39 is 0 Å². The van der Waals surface area contributed by atoms with Gasteiger partial charge in [-0.05, 0) is 25.1 Å². The van der Waals surface area contributed by atoms with Crippen LogP contribution < -0.4 is 10.1 Å². The number of H-pyrrole nitrogens is 1. The molecule has 0 fully saturated rings. The average molecular weight is 281 g/mol. The van der Waals surface area contributed by atoms with Gasteiger partial charge in [0.05, 0.1) is 24.2 Å². The largest absolute Gasteiger partial charge is 0.496 e. The zero-order chi connectivity index (χ0) is 14.7. The number of hydrogen-bond donors (Lipinski definition) is 2. The van der Waals surface area contributed by atoms with Crippen molar-refractivity contribution in [1.29, 1.82) is 0 Å². The van der Waals surface area contributed by atoms with Crippen molar-refractivity contribution in [2.75, 3.05) is 7.11 Å². The minimum absolute atomic E-state index is 0.141. The van der Waals surface area contributed by atoms with E-state index in [-0.39, 0.29) is 6.04 Å². The van der Waals surface area contributed by atoms with Crippen molar-refractivity contribution in [3.63, 3.8) is 0 Å². The summed E-state index contributed by atoms with van der Waals surface area (Å²) >= 11 is 0. The van der Waals surface area contributed by atoms with Crippen LogP contribution in [0.25, 0.3) is 11.0 Å². The van der Waals surface area contributed by atoms with Crippen molar-refractivity contribution in [2.45, 2.75) is 19.5 Å². The number of nitrogens with zero attached hydrogens (tertiary/aromatic N) is 1. The molecule has 0 radical (unpaired) electrons. The summed E-state index contributed by atoms with van der Waals surface area (Å²) in [6.07, 6.45) is 0. The van der Waals surface area contributed by atoms with Gasteiger partial charge in [0.2, 0.25) is 0 Å². The minimum atomic E-state index is 0.141. The van der Waals surface area contributed by atoms with E-state index in [0.717, 1.165) is 34.7 Å². The number of imidazole rings is 1. The van der Waals surface area contributed by atoms with E-state index in [1.807, 2.05) is 42.5 Å². The molecule has 4 nitrogen and oxygen atoms in total. The number of methoxy groups -OCH3 is 1. The number of hydrogen-bond acceptors (Lipinski definition) is 3. The molecular formula is C17H19N3O. The van der Waals surface area contributed by atoms with Crippen LogP contribution in [0.1, 0.15) is 24.4 Å². The monoisotopic (exact) mass is 281 g/mol. The molecule has 0 saturated carbocycles. The number of aromatic amines is 1. The Bertz CT molecular complexity index is 702. The molecule has 0 amide bonds. The number of benzene rings is 2. The Morgan fingerprint density at radius 2 is 1.90 bits per heavy atom. The summed E-state index contributed by atoms with van der Waals surface area (Å²) < 4.78 is 5.37. The molecule has 2 N–H and O–H groups in total. The molecule has 0 aliphatic rings. The van der Waals surface area contributed by atoms with Crippen LogP contribution in [0.4, 0.5) is 0 Å². The van der Waals surface area contributed by atoms with Crippen LogP contribution in [0, 0.1) is 0 Å². The van der Waals surface area contributed by atoms with Crippen LogP contribution in [-0.2, 0) is 6.54 Å². The van der Waals surface area contributed by atoms with Gasteiger partial charge in [-0.2, -0.15) is 0 Å². The van der Waals surface area contributed by atoms with Gasteiger partial charge in [0.25, 0.3) is 0 Å². The molecule has 4 heteroatoms. The van der Waals surface area contributed by atoms with E-state index >= 15 is 0 Å². The van der Waals surface area contributed by atoms with Crippen molar-refractivity contribution >= 4 is 11.0 Å². The van der Waals surface area contributed by atoms with Gasteiger partial charge in [-0.1, -0.05) is 30.3 Å². The molecule has 2 aromatic carbocycles. The van der Waals surface area contributed by atoms with E-state index in [1.165, 1.54) is 0 Å². The lowest BCUT2D eigenvalue weighted by Crippen LogP contribution is -2.19. The first-order chi connectivity index (χ1) is 10.3. The van der Waals surface area contributed by atoms with Gasteiger partial charge in [-0.3, -0.25) is 0 Å². The Morgan fingerprint density at radius 1 is 1.14 bits per heavy atom. The van der Waals surface area contributed by atoms with Crippen molar-refractivity contribution in [3.8, 4) is 5.75 Å². The molecule has 0 bridgehead atoms. The van der Waals surface area contributed by atoms with Gasteiger partial charge in [0.1, 0.15) is 11.6 Å². The van der Waals surface area contributed by atoms with Gasteiger partial charge in [0.15, 0.2) is 0 Å². The van der Waals surface area contributed by atoms with Crippen molar-refractivity contribution in [1.82, 2.24) is 15.3 Å². The summed E-state index contributed by atoms with van der Waals surface area (Å²) in [6.45, 7) is 2.84. The topological polar surface area (TPSA) is 49.9 Å². The van der Waals surface area contributed by atoms with Crippen molar-refractivity contribution in [3.05, 3.63) is 59.9 Å². The lowest BCUT2D eigenvalue weighted by atomic mass is 10.2. The lowest BCUT2D eigenvalue weighted by molar-refractivity contribution is 0.405. The van der Waals surface area contributed by atoms with Crippen LogP contribution in [0.3, 0.4) is 0 Å². The summed E-state index contributed by atoms with van der Waals surface area (Å²) in [4.78, 5) is 7.97. The standard InChI is InChI=1S/C17H19N3O/c1-12(17-19-14-8-4-5-9-15(14)20-17)18-11-13-7-3-6-10-16(13)21-2/h3-10,12,18H,11H2,1-2H3,(H,19,20). The molecule has 1 heterocycles. The van der Waals surface area contributed by atoms with E-state index in [2.05, 4.69) is 28.3 Å². The molecule has 21 heavy (non-hydrogen) atoms.